The van der Waals surface area contributed by atoms with Gasteiger partial charge in [-0.25, -0.2) is 0 Å². The molecule has 0 radical (unpaired) electrons. The SMILES string of the molecule is CC(C)N1N=C(Br)c2ccc([N+](=O)[O-])cc2C1C=O. The van der Waals surface area contributed by atoms with Gasteiger partial charge in [0.05, 0.1) is 4.92 Å². The fourth-order valence-corrected chi connectivity index (χ4v) is 2.57. The van der Waals surface area contributed by atoms with Crippen LogP contribution in [0.2, 0.25) is 0 Å². The fourth-order valence-electron chi connectivity index (χ4n) is 2.03. The summed E-state index contributed by atoms with van der Waals surface area (Å²) in [4.78, 5) is 21.7. The molecule has 0 saturated carbocycles. The highest BCUT2D eigenvalue weighted by Gasteiger charge is 2.30. The first-order valence-electron chi connectivity index (χ1n) is 5.72. The summed E-state index contributed by atoms with van der Waals surface area (Å²) in [5, 5.41) is 16.8. The zero-order valence-electron chi connectivity index (χ0n) is 10.4. The molecule has 19 heavy (non-hydrogen) atoms. The lowest BCUT2D eigenvalue weighted by Gasteiger charge is -2.33. The predicted octanol–water partition coefficient (Wildman–Crippen LogP) is 2.62. The average molecular weight is 326 g/mol. The summed E-state index contributed by atoms with van der Waals surface area (Å²) in [7, 11) is 0. The van der Waals surface area contributed by atoms with Crippen LogP contribution in [0.25, 0.3) is 0 Å². The highest BCUT2D eigenvalue weighted by molar-refractivity contribution is 9.18. The van der Waals surface area contributed by atoms with Gasteiger partial charge in [-0.05, 0) is 35.8 Å². The van der Waals surface area contributed by atoms with Gasteiger partial charge in [-0.2, -0.15) is 5.10 Å². The summed E-state index contributed by atoms with van der Waals surface area (Å²) in [6, 6.07) is 3.85. The topological polar surface area (TPSA) is 75.8 Å². The predicted molar refractivity (Wildman–Crippen MR) is 74.3 cm³/mol. The van der Waals surface area contributed by atoms with E-state index in [1.54, 1.807) is 11.1 Å². The summed E-state index contributed by atoms with van der Waals surface area (Å²) in [5.74, 6) is 0. The van der Waals surface area contributed by atoms with Crippen LogP contribution >= 0.6 is 15.9 Å². The zero-order chi connectivity index (χ0) is 14.2. The number of rotatable bonds is 3. The Morgan fingerprint density at radius 2 is 2.21 bits per heavy atom. The highest BCUT2D eigenvalue weighted by atomic mass is 79.9. The molecular formula is C12H12BrN3O3. The molecule has 1 heterocycles. The van der Waals surface area contributed by atoms with E-state index in [1.165, 1.54) is 12.1 Å². The van der Waals surface area contributed by atoms with Crippen LogP contribution < -0.4 is 0 Å². The van der Waals surface area contributed by atoms with E-state index in [-0.39, 0.29) is 11.7 Å². The second-order valence-corrected chi connectivity index (χ2v) is 5.23. The Morgan fingerprint density at radius 1 is 1.53 bits per heavy atom. The van der Waals surface area contributed by atoms with E-state index < -0.39 is 11.0 Å². The molecule has 0 bridgehead atoms. The van der Waals surface area contributed by atoms with E-state index in [9.17, 15) is 14.9 Å². The van der Waals surface area contributed by atoms with E-state index in [0.29, 0.717) is 15.7 Å². The molecule has 1 unspecified atom stereocenters. The average Bonchev–Trinajstić information content (AvgIpc) is 2.37. The fraction of sp³-hybridized carbons (Fsp3) is 0.333. The van der Waals surface area contributed by atoms with Gasteiger partial charge in [-0.3, -0.25) is 15.1 Å². The van der Waals surface area contributed by atoms with E-state index in [1.807, 2.05) is 13.8 Å². The number of fused-ring (bicyclic) bond motifs is 1. The van der Waals surface area contributed by atoms with Crippen molar-refractivity contribution in [2.24, 2.45) is 5.10 Å². The Hall–Kier alpha value is -1.76. The normalized spacial score (nSPS) is 18.0. The highest BCUT2D eigenvalue weighted by Crippen LogP contribution is 2.33. The smallest absolute Gasteiger partial charge is 0.269 e. The summed E-state index contributed by atoms with van der Waals surface area (Å²) in [6.45, 7) is 3.81. The van der Waals surface area contributed by atoms with Crippen molar-refractivity contribution in [1.29, 1.82) is 0 Å². The van der Waals surface area contributed by atoms with Gasteiger partial charge in [0.2, 0.25) is 0 Å². The standard InChI is InChI=1S/C12H12BrN3O3/c1-7(2)15-11(6-17)10-5-8(16(18)19)3-4-9(10)12(13)14-15/h3-7,11H,1-2H3. The number of benzene rings is 1. The van der Waals surface area contributed by atoms with Crippen LogP contribution in [0.4, 0.5) is 5.69 Å². The third-order valence-corrected chi connectivity index (χ3v) is 3.52. The Morgan fingerprint density at radius 3 is 2.74 bits per heavy atom. The molecule has 0 N–H and O–H groups in total. The van der Waals surface area contributed by atoms with Crippen molar-refractivity contribution in [3.05, 3.63) is 39.4 Å². The van der Waals surface area contributed by atoms with Crippen LogP contribution in [-0.4, -0.2) is 26.9 Å². The second-order valence-electron chi connectivity index (χ2n) is 4.47. The molecule has 2 rings (SSSR count). The first-order valence-corrected chi connectivity index (χ1v) is 6.51. The number of hydrazone groups is 1. The summed E-state index contributed by atoms with van der Waals surface area (Å²) in [5.41, 5.74) is 1.27. The minimum absolute atomic E-state index is 0.00941. The molecule has 0 fully saturated rings. The number of aldehydes is 1. The van der Waals surface area contributed by atoms with E-state index in [2.05, 4.69) is 21.0 Å². The van der Waals surface area contributed by atoms with Gasteiger partial charge < -0.3 is 4.79 Å². The Kier molecular flexibility index (Phi) is 3.66. The molecule has 6 nitrogen and oxygen atoms in total. The maximum Gasteiger partial charge on any atom is 0.269 e. The van der Waals surface area contributed by atoms with Crippen LogP contribution in [0.5, 0.6) is 0 Å². The molecule has 100 valence electrons. The molecule has 0 aliphatic carbocycles. The largest absolute Gasteiger partial charge is 0.301 e. The first-order chi connectivity index (χ1) is 8.95. The van der Waals surface area contributed by atoms with Crippen molar-refractivity contribution >= 4 is 32.5 Å². The van der Waals surface area contributed by atoms with Crippen molar-refractivity contribution in [3.63, 3.8) is 0 Å². The Balaban J connectivity index is 2.60. The van der Waals surface area contributed by atoms with E-state index >= 15 is 0 Å². The van der Waals surface area contributed by atoms with Crippen LogP contribution in [0.15, 0.2) is 23.3 Å². The number of hydrogen-bond acceptors (Lipinski definition) is 5. The number of carbonyl (C=O) groups is 1. The Labute approximate surface area is 118 Å². The molecular weight excluding hydrogens is 314 g/mol. The van der Waals surface area contributed by atoms with Crippen molar-refractivity contribution in [3.8, 4) is 0 Å². The monoisotopic (exact) mass is 325 g/mol. The third-order valence-electron chi connectivity index (χ3n) is 2.93. The molecule has 1 aliphatic rings. The number of carbonyl (C=O) groups excluding carboxylic acids is 1. The first kappa shape index (κ1) is 13.7. The lowest BCUT2D eigenvalue weighted by molar-refractivity contribution is -0.384. The number of halogens is 1. The van der Waals surface area contributed by atoms with Crippen LogP contribution in [0, 0.1) is 10.1 Å². The van der Waals surface area contributed by atoms with Crippen LogP contribution in [0.3, 0.4) is 0 Å². The number of nitro groups is 1. The lowest BCUT2D eigenvalue weighted by atomic mass is 9.98. The zero-order valence-corrected chi connectivity index (χ0v) is 12.0. The molecule has 1 aromatic rings. The molecule has 0 spiro atoms. The van der Waals surface area contributed by atoms with Gasteiger partial charge in [-0.15, -0.1) is 0 Å². The van der Waals surface area contributed by atoms with Crippen molar-refractivity contribution in [2.45, 2.75) is 25.9 Å². The number of nitro benzene ring substituents is 1. The van der Waals surface area contributed by atoms with Gasteiger partial charge in [0.25, 0.3) is 5.69 Å². The third kappa shape index (κ3) is 2.37. The number of nitrogens with zero attached hydrogens (tertiary/aromatic N) is 3. The molecule has 0 saturated heterocycles. The van der Waals surface area contributed by atoms with Crippen molar-refractivity contribution in [2.75, 3.05) is 0 Å². The molecule has 1 atom stereocenters. The Bertz CT molecular complexity index is 571. The van der Waals surface area contributed by atoms with Gasteiger partial charge >= 0.3 is 0 Å². The van der Waals surface area contributed by atoms with Gasteiger partial charge in [0.1, 0.15) is 16.9 Å². The van der Waals surface area contributed by atoms with E-state index in [0.717, 1.165) is 6.29 Å². The molecule has 1 aliphatic heterocycles. The quantitative estimate of drug-likeness (QED) is 0.486. The van der Waals surface area contributed by atoms with Gasteiger partial charge in [0, 0.05) is 29.3 Å². The molecule has 7 heteroatoms. The molecule has 0 amide bonds. The maximum absolute atomic E-state index is 11.3. The van der Waals surface area contributed by atoms with Gasteiger partial charge in [-0.1, -0.05) is 0 Å². The van der Waals surface area contributed by atoms with Crippen LogP contribution in [-0.2, 0) is 4.79 Å². The minimum Gasteiger partial charge on any atom is -0.301 e. The molecule has 0 aromatic heterocycles. The van der Waals surface area contributed by atoms with Gasteiger partial charge in [0.15, 0.2) is 0 Å². The van der Waals surface area contributed by atoms with E-state index in [4.69, 9.17) is 0 Å². The summed E-state index contributed by atoms with van der Waals surface area (Å²) >= 11 is 3.34. The number of hydrogen-bond donors (Lipinski definition) is 0. The maximum atomic E-state index is 11.3. The van der Waals surface area contributed by atoms with Crippen molar-refractivity contribution in [1.82, 2.24) is 5.01 Å². The minimum atomic E-state index is -0.601. The lowest BCUT2D eigenvalue weighted by Crippen LogP contribution is -2.35. The number of non-ortho nitro benzene ring substituents is 1. The summed E-state index contributed by atoms with van der Waals surface area (Å²) in [6.07, 6.45) is 0.755. The van der Waals surface area contributed by atoms with Crippen molar-refractivity contribution < 1.29 is 9.72 Å². The second kappa shape index (κ2) is 5.08. The summed E-state index contributed by atoms with van der Waals surface area (Å²) < 4.78 is 0.573. The molecule has 1 aromatic carbocycles. The van der Waals surface area contributed by atoms with Crippen LogP contribution in [0.1, 0.15) is 31.0 Å².